The summed E-state index contributed by atoms with van der Waals surface area (Å²) in [5, 5.41) is 8.85. The molecule has 0 saturated heterocycles. The lowest BCUT2D eigenvalue weighted by atomic mass is 10.0. The van der Waals surface area contributed by atoms with Gasteiger partial charge in [0.25, 0.3) is 0 Å². The van der Waals surface area contributed by atoms with Gasteiger partial charge in [-0.1, -0.05) is 6.07 Å². The summed E-state index contributed by atoms with van der Waals surface area (Å²) in [5.74, 6) is 3.07. The molecule has 2 aromatic heterocycles. The molecule has 5 rings (SSSR count). The Morgan fingerprint density at radius 2 is 2.00 bits per heavy atom. The fourth-order valence-corrected chi connectivity index (χ4v) is 3.38. The van der Waals surface area contributed by atoms with Gasteiger partial charge in [0.2, 0.25) is 0 Å². The minimum atomic E-state index is 0.189. The molecule has 0 unspecified atom stereocenters. The van der Waals surface area contributed by atoms with Crippen LogP contribution >= 0.6 is 0 Å². The first-order valence-corrected chi connectivity index (χ1v) is 8.58. The molecule has 128 valence electrons. The van der Waals surface area contributed by atoms with Gasteiger partial charge in [-0.05, 0) is 36.5 Å². The van der Waals surface area contributed by atoms with E-state index in [9.17, 15) is 0 Å². The molecule has 3 heterocycles. The van der Waals surface area contributed by atoms with Gasteiger partial charge in [-0.25, -0.2) is 9.97 Å². The highest BCUT2D eigenvalue weighted by atomic mass is 16.6. The van der Waals surface area contributed by atoms with E-state index >= 15 is 0 Å². The number of nitrogens with zero attached hydrogens (tertiary/aromatic N) is 4. The quantitative estimate of drug-likeness (QED) is 0.789. The van der Waals surface area contributed by atoms with Gasteiger partial charge in [0.15, 0.2) is 17.1 Å². The van der Waals surface area contributed by atoms with Crippen LogP contribution in [0.5, 0.6) is 11.5 Å². The SMILES string of the molecule is Cn1ncc2c(N[C@H](c3ccc4c(c3)OCCO4)C3CC3)ncnc21. The van der Waals surface area contributed by atoms with E-state index in [0.717, 1.165) is 28.4 Å². The van der Waals surface area contributed by atoms with Gasteiger partial charge >= 0.3 is 0 Å². The van der Waals surface area contributed by atoms with Crippen LogP contribution in [0.3, 0.4) is 0 Å². The third-order valence-electron chi connectivity index (χ3n) is 4.84. The minimum Gasteiger partial charge on any atom is -0.486 e. The van der Waals surface area contributed by atoms with Gasteiger partial charge in [-0.2, -0.15) is 5.10 Å². The molecule has 1 aromatic carbocycles. The summed E-state index contributed by atoms with van der Waals surface area (Å²) in [6, 6.07) is 6.40. The first-order valence-electron chi connectivity index (χ1n) is 8.58. The molecule has 7 heteroatoms. The van der Waals surface area contributed by atoms with Crippen molar-refractivity contribution in [3.63, 3.8) is 0 Å². The number of hydrogen-bond donors (Lipinski definition) is 1. The van der Waals surface area contributed by atoms with Crippen molar-refractivity contribution in [3.05, 3.63) is 36.3 Å². The molecule has 25 heavy (non-hydrogen) atoms. The molecule has 1 saturated carbocycles. The molecule has 0 spiro atoms. The van der Waals surface area contributed by atoms with Crippen LogP contribution in [0.4, 0.5) is 5.82 Å². The van der Waals surface area contributed by atoms with Crippen LogP contribution < -0.4 is 14.8 Å². The van der Waals surface area contributed by atoms with Gasteiger partial charge in [-0.3, -0.25) is 4.68 Å². The van der Waals surface area contributed by atoms with Crippen molar-refractivity contribution in [2.75, 3.05) is 18.5 Å². The molecule has 1 aliphatic heterocycles. The Hall–Kier alpha value is -2.83. The normalized spacial score (nSPS) is 17.5. The van der Waals surface area contributed by atoms with Crippen LogP contribution in [-0.4, -0.2) is 33.0 Å². The topological polar surface area (TPSA) is 74.1 Å². The fraction of sp³-hybridized carbons (Fsp3) is 0.389. The van der Waals surface area contributed by atoms with Crippen LogP contribution in [0, 0.1) is 5.92 Å². The van der Waals surface area contributed by atoms with Crippen molar-refractivity contribution in [2.45, 2.75) is 18.9 Å². The van der Waals surface area contributed by atoms with Crippen molar-refractivity contribution >= 4 is 16.9 Å². The number of rotatable bonds is 4. The third kappa shape index (κ3) is 2.56. The van der Waals surface area contributed by atoms with Crippen molar-refractivity contribution in [3.8, 4) is 11.5 Å². The molecule has 3 aromatic rings. The first-order chi connectivity index (χ1) is 12.3. The van der Waals surface area contributed by atoms with E-state index in [0.29, 0.717) is 19.1 Å². The third-order valence-corrected chi connectivity index (χ3v) is 4.84. The van der Waals surface area contributed by atoms with Crippen LogP contribution in [0.15, 0.2) is 30.7 Å². The molecule has 1 atom stereocenters. The molecule has 1 aliphatic carbocycles. The zero-order valence-corrected chi connectivity index (χ0v) is 14.0. The largest absolute Gasteiger partial charge is 0.486 e. The maximum atomic E-state index is 5.75. The van der Waals surface area contributed by atoms with E-state index in [-0.39, 0.29) is 6.04 Å². The molecule has 1 N–H and O–H groups in total. The van der Waals surface area contributed by atoms with Crippen LogP contribution in [0.1, 0.15) is 24.4 Å². The van der Waals surface area contributed by atoms with Crippen molar-refractivity contribution in [1.29, 1.82) is 0 Å². The second-order valence-corrected chi connectivity index (χ2v) is 6.59. The average molecular weight is 337 g/mol. The summed E-state index contributed by atoms with van der Waals surface area (Å²) in [4.78, 5) is 8.76. The number of benzene rings is 1. The Bertz CT molecular complexity index is 934. The zero-order valence-electron chi connectivity index (χ0n) is 14.0. The lowest BCUT2D eigenvalue weighted by Gasteiger charge is -2.23. The lowest BCUT2D eigenvalue weighted by Crippen LogP contribution is -2.17. The Kier molecular flexibility index (Phi) is 3.26. The van der Waals surface area contributed by atoms with Crippen LogP contribution in [0.25, 0.3) is 11.0 Å². The Labute approximate surface area is 145 Å². The summed E-state index contributed by atoms with van der Waals surface area (Å²) in [7, 11) is 1.89. The summed E-state index contributed by atoms with van der Waals surface area (Å²) < 4.78 is 13.1. The fourth-order valence-electron chi connectivity index (χ4n) is 3.38. The van der Waals surface area contributed by atoms with Gasteiger partial charge in [0.05, 0.1) is 17.6 Å². The van der Waals surface area contributed by atoms with Gasteiger partial charge in [0.1, 0.15) is 25.4 Å². The van der Waals surface area contributed by atoms with Gasteiger partial charge in [0, 0.05) is 7.05 Å². The average Bonchev–Trinajstić information content (AvgIpc) is 3.42. The number of anilines is 1. The summed E-state index contributed by atoms with van der Waals surface area (Å²) in [6.07, 6.45) is 5.83. The Morgan fingerprint density at radius 1 is 1.16 bits per heavy atom. The molecule has 2 aliphatic rings. The Balaban J connectivity index is 1.51. The molecule has 0 radical (unpaired) electrons. The highest BCUT2D eigenvalue weighted by Gasteiger charge is 2.33. The van der Waals surface area contributed by atoms with E-state index in [1.165, 1.54) is 18.4 Å². The second-order valence-electron chi connectivity index (χ2n) is 6.59. The highest BCUT2D eigenvalue weighted by Crippen LogP contribution is 2.45. The van der Waals surface area contributed by atoms with Crippen molar-refractivity contribution < 1.29 is 9.47 Å². The lowest BCUT2D eigenvalue weighted by molar-refractivity contribution is 0.171. The molecular formula is C18H19N5O2. The summed E-state index contributed by atoms with van der Waals surface area (Å²) >= 11 is 0. The number of hydrogen-bond acceptors (Lipinski definition) is 6. The standard InChI is InChI=1S/C18H19N5O2/c1-23-18-13(9-21-23)17(19-10-20-18)22-16(11-2-3-11)12-4-5-14-15(8-12)25-7-6-24-14/h4-5,8-11,16H,2-3,6-7H2,1H3,(H,19,20,22)/t16-/m0/s1. The number of aryl methyl sites for hydroxylation is 1. The summed E-state index contributed by atoms with van der Waals surface area (Å²) in [6.45, 7) is 1.21. The molecule has 0 amide bonds. The second kappa shape index (κ2) is 5.61. The van der Waals surface area contributed by atoms with E-state index in [1.807, 2.05) is 19.3 Å². The van der Waals surface area contributed by atoms with E-state index in [4.69, 9.17) is 9.47 Å². The summed E-state index contributed by atoms with van der Waals surface area (Å²) in [5.41, 5.74) is 2.02. The molecular weight excluding hydrogens is 318 g/mol. The predicted molar refractivity (Wildman–Crippen MR) is 92.8 cm³/mol. The molecule has 7 nitrogen and oxygen atoms in total. The Morgan fingerprint density at radius 3 is 2.84 bits per heavy atom. The maximum Gasteiger partial charge on any atom is 0.163 e. The first kappa shape index (κ1) is 14.5. The van der Waals surface area contributed by atoms with E-state index < -0.39 is 0 Å². The van der Waals surface area contributed by atoms with Gasteiger partial charge in [-0.15, -0.1) is 0 Å². The van der Waals surface area contributed by atoms with Crippen LogP contribution in [-0.2, 0) is 7.05 Å². The molecule has 0 bridgehead atoms. The highest BCUT2D eigenvalue weighted by molar-refractivity contribution is 5.86. The van der Waals surface area contributed by atoms with Crippen LogP contribution in [0.2, 0.25) is 0 Å². The number of nitrogens with one attached hydrogen (secondary N) is 1. The predicted octanol–water partition coefficient (Wildman–Crippen LogP) is 2.70. The van der Waals surface area contributed by atoms with Crippen molar-refractivity contribution in [2.24, 2.45) is 13.0 Å². The molecule has 1 fully saturated rings. The number of aromatic nitrogens is 4. The smallest absolute Gasteiger partial charge is 0.163 e. The monoisotopic (exact) mass is 337 g/mol. The van der Waals surface area contributed by atoms with Gasteiger partial charge < -0.3 is 14.8 Å². The van der Waals surface area contributed by atoms with E-state index in [1.54, 1.807) is 11.0 Å². The minimum absolute atomic E-state index is 0.189. The number of fused-ring (bicyclic) bond motifs is 2. The number of ether oxygens (including phenoxy) is 2. The van der Waals surface area contributed by atoms with E-state index in [2.05, 4.69) is 32.5 Å². The zero-order chi connectivity index (χ0) is 16.8. The van der Waals surface area contributed by atoms with Crippen molar-refractivity contribution in [1.82, 2.24) is 19.7 Å². The maximum absolute atomic E-state index is 5.75.